The third-order valence-electron chi connectivity index (χ3n) is 11.1. The van der Waals surface area contributed by atoms with Crippen LogP contribution in [0.5, 0.6) is 0 Å². The van der Waals surface area contributed by atoms with Gasteiger partial charge in [0.05, 0.1) is 25.4 Å². The monoisotopic (exact) mass is 788 g/mol. The summed E-state index contributed by atoms with van der Waals surface area (Å²) in [4.78, 5) is 13.0. The lowest BCUT2D eigenvalue weighted by Gasteiger charge is -2.40. The number of nitrogens with one attached hydrogen (secondary N) is 1. The first-order valence-corrected chi connectivity index (χ1v) is 22.6. The quantitative estimate of drug-likeness (QED) is 0.0243. The molecule has 1 saturated heterocycles. The number of aliphatic hydroxyl groups excluding tert-OH is 7. The van der Waals surface area contributed by atoms with Gasteiger partial charge in [0, 0.05) is 0 Å². The van der Waals surface area contributed by atoms with Crippen LogP contribution in [-0.4, -0.2) is 110 Å². The van der Waals surface area contributed by atoms with Gasteiger partial charge in [-0.15, -0.1) is 0 Å². The van der Waals surface area contributed by atoms with Gasteiger partial charge in [-0.1, -0.05) is 167 Å². The number of unbranched alkanes of at least 4 members (excludes halogenated alkanes) is 23. The Labute approximate surface area is 334 Å². The summed E-state index contributed by atoms with van der Waals surface area (Å²) < 4.78 is 11.1. The van der Waals surface area contributed by atoms with Crippen LogP contribution in [0, 0.1) is 0 Å². The molecule has 1 heterocycles. The molecular formula is C44H85NO10. The molecule has 11 nitrogen and oxygen atoms in total. The minimum absolute atomic E-state index is 0.262. The van der Waals surface area contributed by atoms with Crippen molar-refractivity contribution in [1.29, 1.82) is 0 Å². The topological polar surface area (TPSA) is 189 Å². The van der Waals surface area contributed by atoms with Crippen LogP contribution in [0.15, 0.2) is 12.2 Å². The molecular weight excluding hydrogens is 702 g/mol. The van der Waals surface area contributed by atoms with Crippen LogP contribution < -0.4 is 5.32 Å². The minimum atomic E-state index is -1.66. The van der Waals surface area contributed by atoms with E-state index >= 15 is 0 Å². The molecule has 0 aromatic carbocycles. The third-order valence-corrected chi connectivity index (χ3v) is 11.1. The number of hydrogen-bond acceptors (Lipinski definition) is 10. The lowest BCUT2D eigenvalue weighted by atomic mass is 9.98. The Morgan fingerprint density at radius 1 is 0.618 bits per heavy atom. The molecule has 11 heteroatoms. The van der Waals surface area contributed by atoms with Crippen molar-refractivity contribution in [3.8, 4) is 0 Å². The molecule has 0 aromatic rings. The molecule has 326 valence electrons. The van der Waals surface area contributed by atoms with E-state index in [4.69, 9.17) is 9.47 Å². The molecule has 1 aliphatic heterocycles. The predicted octanol–water partition coefficient (Wildman–Crippen LogP) is 6.89. The zero-order valence-electron chi connectivity index (χ0n) is 34.9. The summed E-state index contributed by atoms with van der Waals surface area (Å²) in [6.45, 7) is 3.42. The van der Waals surface area contributed by atoms with Crippen LogP contribution in [0.25, 0.3) is 0 Å². The van der Waals surface area contributed by atoms with E-state index in [9.17, 15) is 40.5 Å². The van der Waals surface area contributed by atoms with Crippen LogP contribution in [0.2, 0.25) is 0 Å². The summed E-state index contributed by atoms with van der Waals surface area (Å²) >= 11 is 0. The van der Waals surface area contributed by atoms with E-state index in [0.717, 1.165) is 57.8 Å². The molecule has 9 atom stereocenters. The van der Waals surface area contributed by atoms with Crippen molar-refractivity contribution in [3.63, 3.8) is 0 Å². The zero-order chi connectivity index (χ0) is 40.5. The van der Waals surface area contributed by atoms with Crippen LogP contribution in [0.3, 0.4) is 0 Å². The van der Waals surface area contributed by atoms with Crippen LogP contribution >= 0.6 is 0 Å². The van der Waals surface area contributed by atoms with Gasteiger partial charge in [-0.05, 0) is 38.5 Å². The third kappa shape index (κ3) is 25.1. The van der Waals surface area contributed by atoms with Crippen molar-refractivity contribution in [2.24, 2.45) is 0 Å². The van der Waals surface area contributed by atoms with E-state index in [1.807, 2.05) is 0 Å². The first kappa shape index (κ1) is 51.9. The van der Waals surface area contributed by atoms with E-state index in [1.165, 1.54) is 96.3 Å². The summed E-state index contributed by atoms with van der Waals surface area (Å²) in [5, 5.41) is 75.5. The van der Waals surface area contributed by atoms with E-state index in [0.29, 0.717) is 19.3 Å². The fourth-order valence-corrected chi connectivity index (χ4v) is 7.26. The Hall–Kier alpha value is -1.15. The first-order chi connectivity index (χ1) is 26.7. The van der Waals surface area contributed by atoms with Gasteiger partial charge in [0.25, 0.3) is 0 Å². The molecule has 8 N–H and O–H groups in total. The number of carbonyl (C=O) groups is 1. The van der Waals surface area contributed by atoms with Crippen LogP contribution in [0.4, 0.5) is 0 Å². The predicted molar refractivity (Wildman–Crippen MR) is 219 cm³/mol. The van der Waals surface area contributed by atoms with Crippen molar-refractivity contribution in [2.45, 2.75) is 249 Å². The van der Waals surface area contributed by atoms with Gasteiger partial charge in [-0.2, -0.15) is 0 Å². The van der Waals surface area contributed by atoms with Crippen molar-refractivity contribution < 1.29 is 50.0 Å². The van der Waals surface area contributed by atoms with Gasteiger partial charge >= 0.3 is 0 Å². The molecule has 0 aliphatic carbocycles. The maximum atomic E-state index is 13.0. The second kappa shape index (κ2) is 34.9. The SMILES string of the molecule is CCCCCCCC/C=C/CCCCCCCC[C@@H](O)[C@@H](O)[C@@H](CO[C@@H]1O[C@H](CO)[C@@H](O)[C@H](O)[C@H]1O)NC(=O)[C@H](O)CCCCCCCCCCCCCC. The summed E-state index contributed by atoms with van der Waals surface area (Å²) in [5.74, 6) is -0.700. The standard InChI is InChI=1S/C44H85NO10/c1-3-5-7-9-11-13-15-17-18-19-20-22-23-25-27-29-31-36(47)39(49)35(34-54-44-42(52)41(51)40(50)38(33-46)55-44)45-43(53)37(48)32-30-28-26-24-21-16-14-12-10-8-6-4-2/h17-18,35-42,44,46-52H,3-16,19-34H2,1-2H3,(H,45,53)/b18-17+/t35-,36-,37-,38-,39+,40-,41+,42-,44-/m1/s1. The highest BCUT2D eigenvalue weighted by atomic mass is 16.7. The zero-order valence-corrected chi connectivity index (χ0v) is 34.9. The Morgan fingerprint density at radius 2 is 1.05 bits per heavy atom. The fourth-order valence-electron chi connectivity index (χ4n) is 7.26. The summed E-state index contributed by atoms with van der Waals surface area (Å²) in [5.41, 5.74) is 0. The highest BCUT2D eigenvalue weighted by Crippen LogP contribution is 2.23. The Balaban J connectivity index is 2.48. The summed E-state index contributed by atoms with van der Waals surface area (Å²) in [6.07, 6.45) is 24.0. The van der Waals surface area contributed by atoms with Crippen molar-refractivity contribution in [2.75, 3.05) is 13.2 Å². The highest BCUT2D eigenvalue weighted by molar-refractivity contribution is 5.80. The molecule has 0 saturated carbocycles. The maximum Gasteiger partial charge on any atom is 0.249 e. The molecule has 1 aliphatic rings. The van der Waals surface area contributed by atoms with Crippen molar-refractivity contribution in [1.82, 2.24) is 5.32 Å². The average Bonchev–Trinajstić information content (AvgIpc) is 3.18. The maximum absolute atomic E-state index is 13.0. The molecule has 0 spiro atoms. The van der Waals surface area contributed by atoms with Crippen LogP contribution in [0.1, 0.15) is 194 Å². The van der Waals surface area contributed by atoms with Crippen LogP contribution in [-0.2, 0) is 14.3 Å². The van der Waals surface area contributed by atoms with E-state index < -0.39 is 74.2 Å². The van der Waals surface area contributed by atoms with Gasteiger partial charge in [0.2, 0.25) is 5.91 Å². The minimum Gasteiger partial charge on any atom is -0.394 e. The Kier molecular flexibility index (Phi) is 32.9. The highest BCUT2D eigenvalue weighted by Gasteiger charge is 2.44. The lowest BCUT2D eigenvalue weighted by Crippen LogP contribution is -2.60. The molecule has 0 aromatic heterocycles. The number of carbonyl (C=O) groups excluding carboxylic acids is 1. The molecule has 1 amide bonds. The molecule has 1 rings (SSSR count). The summed E-state index contributed by atoms with van der Waals surface area (Å²) in [6, 6.07) is -1.17. The van der Waals surface area contributed by atoms with E-state index in [-0.39, 0.29) is 6.42 Å². The number of rotatable bonds is 37. The smallest absolute Gasteiger partial charge is 0.249 e. The Morgan fingerprint density at radius 3 is 1.53 bits per heavy atom. The second-order valence-corrected chi connectivity index (χ2v) is 16.1. The molecule has 0 bridgehead atoms. The Bertz CT molecular complexity index is 908. The molecule has 1 fully saturated rings. The normalized spacial score (nSPS) is 22.5. The number of allylic oxidation sites excluding steroid dienone is 2. The van der Waals surface area contributed by atoms with Crippen molar-refractivity contribution in [3.05, 3.63) is 12.2 Å². The first-order valence-electron chi connectivity index (χ1n) is 22.6. The number of aliphatic hydroxyl groups is 7. The fraction of sp³-hybridized carbons (Fsp3) is 0.932. The van der Waals surface area contributed by atoms with Gasteiger partial charge in [0.1, 0.15) is 36.6 Å². The van der Waals surface area contributed by atoms with Gasteiger partial charge < -0.3 is 50.5 Å². The van der Waals surface area contributed by atoms with Gasteiger partial charge in [-0.25, -0.2) is 0 Å². The molecule has 55 heavy (non-hydrogen) atoms. The number of ether oxygens (including phenoxy) is 2. The molecule has 0 radical (unpaired) electrons. The lowest BCUT2D eigenvalue weighted by molar-refractivity contribution is -0.303. The van der Waals surface area contributed by atoms with Gasteiger partial charge in [-0.3, -0.25) is 4.79 Å². The number of hydrogen-bond donors (Lipinski definition) is 8. The average molecular weight is 788 g/mol. The van der Waals surface area contributed by atoms with Crippen molar-refractivity contribution >= 4 is 5.91 Å². The van der Waals surface area contributed by atoms with Gasteiger partial charge in [0.15, 0.2) is 6.29 Å². The van der Waals surface area contributed by atoms with E-state index in [1.54, 1.807) is 0 Å². The largest absolute Gasteiger partial charge is 0.394 e. The van der Waals surface area contributed by atoms with E-state index in [2.05, 4.69) is 31.3 Å². The molecule has 0 unspecified atom stereocenters. The number of amides is 1. The summed E-state index contributed by atoms with van der Waals surface area (Å²) in [7, 11) is 0. The second-order valence-electron chi connectivity index (χ2n) is 16.1.